The molecule has 3 atom stereocenters. The van der Waals surface area contributed by atoms with E-state index < -0.39 is 5.60 Å². The standard InChI is InChI=1S/C16H29N3O2/c1-16(2,3)21-15(20)17-9-13-14-12(10-18(13)4)11-5-7-19(14)8-6-11/h11-14H,5-10H2,1-4H3,(H,17,20). The van der Waals surface area contributed by atoms with Crippen LogP contribution < -0.4 is 5.32 Å². The smallest absolute Gasteiger partial charge is 0.407 e. The molecule has 0 aliphatic carbocycles. The maximum Gasteiger partial charge on any atom is 0.407 e. The number of likely N-dealkylation sites (tertiary alicyclic amines) is 1. The highest BCUT2D eigenvalue weighted by Gasteiger charge is 2.51. The minimum Gasteiger partial charge on any atom is -0.444 e. The molecule has 120 valence electrons. The third-order valence-corrected chi connectivity index (χ3v) is 5.35. The van der Waals surface area contributed by atoms with E-state index in [2.05, 4.69) is 22.2 Å². The Kier molecular flexibility index (Phi) is 3.91. The number of likely N-dealkylation sites (N-methyl/N-ethyl adjacent to an activating group) is 1. The van der Waals surface area contributed by atoms with Crippen molar-refractivity contribution in [1.29, 1.82) is 0 Å². The molecule has 0 saturated carbocycles. The molecule has 4 heterocycles. The van der Waals surface area contributed by atoms with E-state index in [1.807, 2.05) is 20.8 Å². The number of carbonyl (C=O) groups excluding carboxylic acids is 1. The van der Waals surface area contributed by atoms with Crippen molar-refractivity contribution in [2.24, 2.45) is 11.8 Å². The van der Waals surface area contributed by atoms with Crippen LogP contribution in [0.5, 0.6) is 0 Å². The number of nitrogens with one attached hydrogen (secondary N) is 1. The number of amides is 1. The molecule has 0 radical (unpaired) electrons. The molecule has 4 rings (SSSR count). The molecule has 5 nitrogen and oxygen atoms in total. The molecule has 0 aromatic heterocycles. The maximum absolute atomic E-state index is 11.9. The molecule has 2 bridgehead atoms. The molecule has 4 fully saturated rings. The first-order chi connectivity index (χ1) is 9.85. The lowest BCUT2D eigenvalue weighted by Gasteiger charge is -2.49. The van der Waals surface area contributed by atoms with E-state index in [0.29, 0.717) is 18.6 Å². The van der Waals surface area contributed by atoms with Gasteiger partial charge in [0.15, 0.2) is 0 Å². The van der Waals surface area contributed by atoms with Gasteiger partial charge in [0, 0.05) is 25.2 Å². The van der Waals surface area contributed by atoms with Gasteiger partial charge in [-0.25, -0.2) is 4.79 Å². The van der Waals surface area contributed by atoms with Gasteiger partial charge in [-0.2, -0.15) is 0 Å². The first-order valence-electron chi connectivity index (χ1n) is 8.26. The van der Waals surface area contributed by atoms with Crippen LogP contribution in [-0.2, 0) is 4.74 Å². The van der Waals surface area contributed by atoms with Gasteiger partial charge in [0.05, 0.1) is 0 Å². The molecule has 0 aromatic rings. The number of ether oxygens (including phenoxy) is 1. The number of hydrogen-bond donors (Lipinski definition) is 1. The van der Waals surface area contributed by atoms with Gasteiger partial charge in [-0.15, -0.1) is 0 Å². The van der Waals surface area contributed by atoms with Crippen LogP contribution >= 0.6 is 0 Å². The van der Waals surface area contributed by atoms with Crippen molar-refractivity contribution in [2.45, 2.75) is 51.3 Å². The summed E-state index contributed by atoms with van der Waals surface area (Å²) >= 11 is 0. The first kappa shape index (κ1) is 15.1. The van der Waals surface area contributed by atoms with Crippen LogP contribution in [0.4, 0.5) is 4.79 Å². The van der Waals surface area contributed by atoms with Gasteiger partial charge in [-0.05, 0) is 65.6 Å². The maximum atomic E-state index is 11.9. The minimum atomic E-state index is -0.429. The summed E-state index contributed by atoms with van der Waals surface area (Å²) in [6.07, 6.45) is 2.43. The normalized spacial score (nSPS) is 39.1. The van der Waals surface area contributed by atoms with Gasteiger partial charge in [-0.1, -0.05) is 0 Å². The highest BCUT2D eigenvalue weighted by atomic mass is 16.6. The molecule has 1 N–H and O–H groups in total. The van der Waals surface area contributed by atoms with Crippen molar-refractivity contribution in [3.05, 3.63) is 0 Å². The molecule has 1 amide bonds. The molecule has 0 aromatic carbocycles. The number of hydrogen-bond acceptors (Lipinski definition) is 4. The van der Waals surface area contributed by atoms with Gasteiger partial charge in [0.2, 0.25) is 0 Å². The molecule has 5 heteroatoms. The van der Waals surface area contributed by atoms with E-state index in [0.717, 1.165) is 11.8 Å². The van der Waals surface area contributed by atoms with Crippen molar-refractivity contribution in [3.8, 4) is 0 Å². The second kappa shape index (κ2) is 5.43. The fraction of sp³-hybridized carbons (Fsp3) is 0.938. The van der Waals surface area contributed by atoms with Crippen molar-refractivity contribution in [2.75, 3.05) is 33.2 Å². The van der Waals surface area contributed by atoms with Gasteiger partial charge in [0.25, 0.3) is 0 Å². The van der Waals surface area contributed by atoms with Crippen LogP contribution in [0, 0.1) is 11.8 Å². The number of piperidine rings is 3. The lowest BCUT2D eigenvalue weighted by molar-refractivity contribution is 0.00315. The third kappa shape index (κ3) is 3.04. The van der Waals surface area contributed by atoms with Gasteiger partial charge in [-0.3, -0.25) is 9.80 Å². The van der Waals surface area contributed by atoms with Crippen molar-refractivity contribution in [1.82, 2.24) is 15.1 Å². The molecule has 4 aliphatic heterocycles. The third-order valence-electron chi connectivity index (χ3n) is 5.35. The highest BCUT2D eigenvalue weighted by molar-refractivity contribution is 5.67. The van der Waals surface area contributed by atoms with E-state index in [4.69, 9.17) is 4.74 Å². The number of fused-ring (bicyclic) bond motifs is 2. The fourth-order valence-corrected chi connectivity index (χ4v) is 4.49. The number of carbonyl (C=O) groups is 1. The zero-order chi connectivity index (χ0) is 15.2. The zero-order valence-electron chi connectivity index (χ0n) is 13.8. The molecule has 0 spiro atoms. The van der Waals surface area contributed by atoms with Crippen LogP contribution in [0.3, 0.4) is 0 Å². The Morgan fingerprint density at radius 3 is 2.57 bits per heavy atom. The Hall–Kier alpha value is -0.810. The van der Waals surface area contributed by atoms with E-state index in [1.165, 1.54) is 32.5 Å². The molecule has 4 saturated heterocycles. The van der Waals surface area contributed by atoms with Crippen LogP contribution in [0.15, 0.2) is 0 Å². The largest absolute Gasteiger partial charge is 0.444 e. The molecule has 21 heavy (non-hydrogen) atoms. The first-order valence-corrected chi connectivity index (χ1v) is 8.26. The molecular formula is C16H29N3O2. The molecule has 3 unspecified atom stereocenters. The predicted octanol–water partition coefficient (Wildman–Crippen LogP) is 1.54. The van der Waals surface area contributed by atoms with E-state index in [-0.39, 0.29) is 6.09 Å². The summed E-state index contributed by atoms with van der Waals surface area (Å²) in [4.78, 5) is 17.0. The SMILES string of the molecule is CN1CC2C3CCN(CC3)C2C1CNC(=O)OC(C)(C)C. The average Bonchev–Trinajstić information content (AvgIpc) is 2.74. The van der Waals surface area contributed by atoms with Crippen molar-refractivity contribution in [3.63, 3.8) is 0 Å². The summed E-state index contributed by atoms with van der Waals surface area (Å²) in [5, 5.41) is 2.97. The summed E-state index contributed by atoms with van der Waals surface area (Å²) in [6.45, 7) is 10.0. The summed E-state index contributed by atoms with van der Waals surface area (Å²) in [5.41, 5.74) is -0.429. The Morgan fingerprint density at radius 2 is 1.95 bits per heavy atom. The summed E-state index contributed by atoms with van der Waals surface area (Å²) in [7, 11) is 2.19. The van der Waals surface area contributed by atoms with Crippen LogP contribution in [-0.4, -0.2) is 66.8 Å². The Labute approximate surface area is 128 Å². The van der Waals surface area contributed by atoms with E-state index in [1.54, 1.807) is 0 Å². The second-order valence-electron chi connectivity index (χ2n) is 7.92. The van der Waals surface area contributed by atoms with Gasteiger partial charge < -0.3 is 10.1 Å². The summed E-state index contributed by atoms with van der Waals surface area (Å²) < 4.78 is 5.35. The fourth-order valence-electron chi connectivity index (χ4n) is 4.49. The number of rotatable bonds is 2. The quantitative estimate of drug-likeness (QED) is 0.839. The number of alkyl carbamates (subject to hydrolysis) is 1. The highest BCUT2D eigenvalue weighted by Crippen LogP contribution is 2.43. The Bertz CT molecular complexity index is 399. The number of nitrogens with zero attached hydrogens (tertiary/aromatic N) is 2. The van der Waals surface area contributed by atoms with Gasteiger partial charge in [0.1, 0.15) is 5.60 Å². The lowest BCUT2D eigenvalue weighted by atomic mass is 9.74. The topological polar surface area (TPSA) is 44.8 Å². The lowest BCUT2D eigenvalue weighted by Crippen LogP contribution is -2.59. The molecule has 4 aliphatic rings. The van der Waals surface area contributed by atoms with Crippen LogP contribution in [0.1, 0.15) is 33.6 Å². The van der Waals surface area contributed by atoms with Crippen molar-refractivity contribution < 1.29 is 9.53 Å². The van der Waals surface area contributed by atoms with E-state index in [9.17, 15) is 4.79 Å². The Morgan fingerprint density at radius 1 is 1.29 bits per heavy atom. The van der Waals surface area contributed by atoms with Gasteiger partial charge >= 0.3 is 6.09 Å². The van der Waals surface area contributed by atoms with Crippen LogP contribution in [0.25, 0.3) is 0 Å². The average molecular weight is 295 g/mol. The van der Waals surface area contributed by atoms with Crippen molar-refractivity contribution >= 4 is 6.09 Å². The second-order valence-corrected chi connectivity index (χ2v) is 7.92. The Balaban J connectivity index is 1.59. The minimum absolute atomic E-state index is 0.296. The monoisotopic (exact) mass is 295 g/mol. The van der Waals surface area contributed by atoms with E-state index >= 15 is 0 Å². The summed E-state index contributed by atoms with van der Waals surface area (Å²) in [5.74, 6) is 1.69. The predicted molar refractivity (Wildman–Crippen MR) is 82.2 cm³/mol. The summed E-state index contributed by atoms with van der Waals surface area (Å²) in [6, 6.07) is 1.04. The van der Waals surface area contributed by atoms with Crippen LogP contribution in [0.2, 0.25) is 0 Å². The zero-order valence-corrected chi connectivity index (χ0v) is 13.8. The molecular weight excluding hydrogens is 266 g/mol.